The maximum absolute atomic E-state index is 2.51. The van der Waals surface area contributed by atoms with Crippen LogP contribution in [0.1, 0.15) is 47.2 Å². The smallest absolute Gasteiger partial charge is 0.0713 e. The van der Waals surface area contributed by atoms with Crippen molar-refractivity contribution in [1.82, 2.24) is 0 Å². The van der Waals surface area contributed by atoms with E-state index in [-0.39, 0.29) is 5.41 Å². The minimum absolute atomic E-state index is 0.249. The van der Waals surface area contributed by atoms with E-state index in [1.54, 1.807) is 0 Å². The molecule has 1 nitrogen and oxygen atoms in total. The summed E-state index contributed by atoms with van der Waals surface area (Å²) >= 11 is 0. The average molecular weight is 906 g/mol. The Hall–Kier alpha value is -8.78. The largest absolute Gasteiger partial charge is 0.310 e. The summed E-state index contributed by atoms with van der Waals surface area (Å²) in [6, 6.07) is 101. The normalized spacial score (nSPS) is 13.4. The number of rotatable bonds is 9. The van der Waals surface area contributed by atoms with Crippen LogP contribution in [0.3, 0.4) is 0 Å². The van der Waals surface area contributed by atoms with Gasteiger partial charge < -0.3 is 4.90 Å². The summed E-state index contributed by atoms with van der Waals surface area (Å²) in [6.07, 6.45) is 0. The predicted octanol–water partition coefficient (Wildman–Crippen LogP) is 18.5. The fraction of sp³-hybridized carbons (Fsp3) is 0.0571. The predicted molar refractivity (Wildman–Crippen MR) is 298 cm³/mol. The molecule has 0 saturated carbocycles. The van der Waals surface area contributed by atoms with Gasteiger partial charge in [0.25, 0.3) is 0 Å². The zero-order valence-electron chi connectivity index (χ0n) is 39.9. The summed E-state index contributed by atoms with van der Waals surface area (Å²) in [5.41, 5.74) is 25.2. The first-order valence-electron chi connectivity index (χ1n) is 24.8. The van der Waals surface area contributed by atoms with Gasteiger partial charge in [0.1, 0.15) is 0 Å². The second kappa shape index (κ2) is 17.0. The summed E-state index contributed by atoms with van der Waals surface area (Å²) in [7, 11) is 0. The Labute approximate surface area is 417 Å². The van der Waals surface area contributed by atoms with Gasteiger partial charge in [-0.1, -0.05) is 250 Å². The van der Waals surface area contributed by atoms with Crippen molar-refractivity contribution in [1.29, 1.82) is 0 Å². The molecule has 0 radical (unpaired) electrons. The Bertz CT molecular complexity index is 3700. The van der Waals surface area contributed by atoms with Crippen LogP contribution in [0.5, 0.6) is 0 Å². The van der Waals surface area contributed by atoms with Gasteiger partial charge in [0.2, 0.25) is 0 Å². The highest BCUT2D eigenvalue weighted by Gasteiger charge is 2.46. The Morgan fingerprint density at radius 2 is 0.648 bits per heavy atom. The van der Waals surface area contributed by atoms with Gasteiger partial charge in [-0.05, 0) is 131 Å². The molecule has 0 heterocycles. The molecule has 1 heteroatoms. The molecule has 0 N–H and O–H groups in total. The summed E-state index contributed by atoms with van der Waals surface area (Å²) < 4.78 is 0. The van der Waals surface area contributed by atoms with Crippen molar-refractivity contribution in [2.75, 3.05) is 4.90 Å². The second-order valence-corrected chi connectivity index (χ2v) is 19.6. The van der Waals surface area contributed by atoms with Gasteiger partial charge in [-0.3, -0.25) is 0 Å². The maximum atomic E-state index is 2.51. The lowest BCUT2D eigenvalue weighted by Gasteiger charge is -2.34. The SMILES string of the molecule is CC1(C)c2cc(-c3ccc(-c4ccccc4)cc3)ccc2-c2ccc(N(c3ccc4c(c3)-c3ccccc3C4(c3ccccc3)c3ccccc3)c3ccccc3-c3ccc(-c4ccccc4)cc3)cc21. The van der Waals surface area contributed by atoms with Crippen LogP contribution >= 0.6 is 0 Å². The standard InChI is InChI=1S/C70H51N/c1-69(2)66-45-54(52-33-31-50(32-34-52)48-19-7-3-8-20-48)39-42-61(66)62-43-40-58(47-67(62)69)71(68-30-18-16-27-59(68)53-37-35-51(36-38-53)49-21-9-4-10-22-49)57-41-44-65-63(46-57)60-28-15-17-29-64(60)70(65,55-23-11-5-12-24-55)56-25-13-6-14-26-56/h3-47H,1-2H3. The van der Waals surface area contributed by atoms with Crippen LogP contribution in [-0.4, -0.2) is 0 Å². The fourth-order valence-corrected chi connectivity index (χ4v) is 11.9. The van der Waals surface area contributed by atoms with E-state index in [2.05, 4.69) is 292 Å². The quantitative estimate of drug-likeness (QED) is 0.139. The molecule has 0 spiro atoms. The van der Waals surface area contributed by atoms with Gasteiger partial charge in [-0.25, -0.2) is 0 Å². The van der Waals surface area contributed by atoms with Crippen LogP contribution in [0.2, 0.25) is 0 Å². The third kappa shape index (κ3) is 6.91. The molecule has 0 aromatic heterocycles. The molecule has 13 rings (SSSR count). The van der Waals surface area contributed by atoms with E-state index in [9.17, 15) is 0 Å². The maximum Gasteiger partial charge on any atom is 0.0713 e. The molecule has 11 aromatic carbocycles. The summed E-state index contributed by atoms with van der Waals surface area (Å²) in [5.74, 6) is 0. The van der Waals surface area contributed by atoms with Crippen LogP contribution in [0.4, 0.5) is 17.1 Å². The topological polar surface area (TPSA) is 3.24 Å². The lowest BCUT2D eigenvalue weighted by Crippen LogP contribution is -2.28. The Morgan fingerprint density at radius 1 is 0.254 bits per heavy atom. The van der Waals surface area contributed by atoms with Crippen molar-refractivity contribution >= 4 is 17.1 Å². The highest BCUT2D eigenvalue weighted by atomic mass is 15.1. The van der Waals surface area contributed by atoms with E-state index >= 15 is 0 Å². The van der Waals surface area contributed by atoms with E-state index in [0.29, 0.717) is 0 Å². The molecule has 2 aliphatic carbocycles. The number of nitrogens with zero attached hydrogens (tertiary/aromatic N) is 1. The van der Waals surface area contributed by atoms with Crippen LogP contribution in [0.15, 0.2) is 273 Å². The first-order chi connectivity index (χ1) is 35.0. The van der Waals surface area contributed by atoms with Crippen molar-refractivity contribution in [3.05, 3.63) is 306 Å². The summed E-state index contributed by atoms with van der Waals surface area (Å²) in [4.78, 5) is 2.51. The van der Waals surface area contributed by atoms with E-state index in [0.717, 1.165) is 17.1 Å². The minimum Gasteiger partial charge on any atom is -0.310 e. The Kier molecular flexibility index (Phi) is 10.1. The number of hydrogen-bond acceptors (Lipinski definition) is 1. The van der Waals surface area contributed by atoms with Gasteiger partial charge in [0.05, 0.1) is 11.1 Å². The molecule has 0 atom stereocenters. The lowest BCUT2D eigenvalue weighted by molar-refractivity contribution is 0.660. The molecule has 0 aliphatic heterocycles. The van der Waals surface area contributed by atoms with E-state index < -0.39 is 5.41 Å². The van der Waals surface area contributed by atoms with Gasteiger partial charge in [0, 0.05) is 22.4 Å². The molecule has 336 valence electrons. The lowest BCUT2D eigenvalue weighted by atomic mass is 9.68. The first-order valence-corrected chi connectivity index (χ1v) is 24.8. The van der Waals surface area contributed by atoms with Crippen molar-refractivity contribution in [3.8, 4) is 66.8 Å². The molecular formula is C70H51N. The third-order valence-corrected chi connectivity index (χ3v) is 15.4. The van der Waals surface area contributed by atoms with Crippen LogP contribution < -0.4 is 4.90 Å². The molecule has 2 aliphatic rings. The Balaban J connectivity index is 0.969. The molecule has 0 bridgehead atoms. The zero-order valence-corrected chi connectivity index (χ0v) is 39.9. The summed E-state index contributed by atoms with van der Waals surface area (Å²) in [5, 5.41) is 0. The summed E-state index contributed by atoms with van der Waals surface area (Å²) in [6.45, 7) is 4.80. The fourth-order valence-electron chi connectivity index (χ4n) is 11.9. The van der Waals surface area contributed by atoms with Crippen LogP contribution in [-0.2, 0) is 10.8 Å². The van der Waals surface area contributed by atoms with Crippen molar-refractivity contribution < 1.29 is 0 Å². The van der Waals surface area contributed by atoms with E-state index in [1.807, 2.05) is 0 Å². The molecule has 0 saturated heterocycles. The van der Waals surface area contributed by atoms with Crippen molar-refractivity contribution in [3.63, 3.8) is 0 Å². The van der Waals surface area contributed by atoms with Gasteiger partial charge in [-0.15, -0.1) is 0 Å². The molecule has 71 heavy (non-hydrogen) atoms. The molecule has 0 amide bonds. The monoisotopic (exact) mass is 905 g/mol. The Morgan fingerprint density at radius 3 is 1.25 bits per heavy atom. The van der Waals surface area contributed by atoms with Crippen LogP contribution in [0, 0.1) is 0 Å². The first kappa shape index (κ1) is 42.3. The zero-order chi connectivity index (χ0) is 47.5. The van der Waals surface area contributed by atoms with Crippen LogP contribution in [0.25, 0.3) is 66.8 Å². The number of benzene rings is 11. The highest BCUT2D eigenvalue weighted by Crippen LogP contribution is 2.58. The van der Waals surface area contributed by atoms with Crippen molar-refractivity contribution in [2.24, 2.45) is 0 Å². The molecule has 11 aromatic rings. The number of anilines is 3. The second-order valence-electron chi connectivity index (χ2n) is 19.6. The average Bonchev–Trinajstić information content (AvgIpc) is 3.87. The number of para-hydroxylation sites is 1. The van der Waals surface area contributed by atoms with Gasteiger partial charge in [0.15, 0.2) is 0 Å². The minimum atomic E-state index is -0.484. The number of hydrogen-bond donors (Lipinski definition) is 0. The van der Waals surface area contributed by atoms with Gasteiger partial charge in [-0.2, -0.15) is 0 Å². The molecule has 0 unspecified atom stereocenters. The molecular weight excluding hydrogens is 855 g/mol. The number of fused-ring (bicyclic) bond motifs is 6. The van der Waals surface area contributed by atoms with E-state index in [1.165, 1.54) is 100 Å². The van der Waals surface area contributed by atoms with E-state index in [4.69, 9.17) is 0 Å². The third-order valence-electron chi connectivity index (χ3n) is 15.4. The van der Waals surface area contributed by atoms with Crippen molar-refractivity contribution in [2.45, 2.75) is 24.7 Å². The molecule has 0 fully saturated rings. The highest BCUT2D eigenvalue weighted by molar-refractivity contribution is 5.95. The van der Waals surface area contributed by atoms with Gasteiger partial charge >= 0.3 is 0 Å².